The molecule has 1 aromatic rings. The van der Waals surface area contributed by atoms with Crippen LogP contribution in [-0.4, -0.2) is 41.5 Å². The van der Waals surface area contributed by atoms with Crippen LogP contribution in [0.25, 0.3) is 0 Å². The number of urea groups is 1. The summed E-state index contributed by atoms with van der Waals surface area (Å²) in [6, 6.07) is 5.46. The minimum absolute atomic E-state index is 0.209. The molecule has 3 rings (SSSR count). The highest BCUT2D eigenvalue weighted by Crippen LogP contribution is 2.32. The second-order valence-electron chi connectivity index (χ2n) is 7.76. The smallest absolute Gasteiger partial charge is 0.351 e. The maximum absolute atomic E-state index is 12.9. The van der Waals surface area contributed by atoms with Crippen LogP contribution in [0.1, 0.15) is 49.7 Å². The standard InChI is InChI=1S/C20H28F3N3O/c21-20(22,23)17-6-4-5-15(13-17)14-25-11-8-16(9-12-25)18-7-2-1-3-10-26(18)19(24)27/h4-6,13,16,18H,1-3,7-12,14H2,(H2,24,27). The van der Waals surface area contributed by atoms with Crippen LogP contribution in [0, 0.1) is 5.92 Å². The highest BCUT2D eigenvalue weighted by Gasteiger charge is 2.33. The lowest BCUT2D eigenvalue weighted by Crippen LogP contribution is -2.49. The average Bonchev–Trinajstić information content (AvgIpc) is 2.88. The first-order valence-corrected chi connectivity index (χ1v) is 9.79. The molecule has 1 aromatic carbocycles. The van der Waals surface area contributed by atoms with E-state index in [1.807, 2.05) is 4.90 Å². The molecule has 0 spiro atoms. The first kappa shape index (κ1) is 20.0. The Morgan fingerprint density at radius 2 is 1.81 bits per heavy atom. The number of hydrogen-bond acceptors (Lipinski definition) is 2. The van der Waals surface area contributed by atoms with Crippen molar-refractivity contribution in [3.63, 3.8) is 0 Å². The maximum Gasteiger partial charge on any atom is 0.416 e. The van der Waals surface area contributed by atoms with Crippen molar-refractivity contribution in [2.45, 2.75) is 57.3 Å². The predicted octanol–water partition coefficient (Wildman–Crippen LogP) is 4.24. The molecule has 7 heteroatoms. The van der Waals surface area contributed by atoms with E-state index in [4.69, 9.17) is 5.73 Å². The lowest BCUT2D eigenvalue weighted by atomic mass is 9.86. The summed E-state index contributed by atoms with van der Waals surface area (Å²) in [5.41, 5.74) is 5.70. The van der Waals surface area contributed by atoms with Crippen LogP contribution in [0.5, 0.6) is 0 Å². The summed E-state index contributed by atoms with van der Waals surface area (Å²) in [4.78, 5) is 15.9. The van der Waals surface area contributed by atoms with Gasteiger partial charge in [-0.15, -0.1) is 0 Å². The van der Waals surface area contributed by atoms with E-state index in [1.54, 1.807) is 6.07 Å². The molecule has 4 nitrogen and oxygen atoms in total. The number of hydrogen-bond donors (Lipinski definition) is 1. The molecule has 2 aliphatic heterocycles. The summed E-state index contributed by atoms with van der Waals surface area (Å²) < 4.78 is 38.6. The number of primary amides is 1. The van der Waals surface area contributed by atoms with Gasteiger partial charge in [-0.05, 0) is 56.3 Å². The molecule has 1 unspecified atom stereocenters. The van der Waals surface area contributed by atoms with Gasteiger partial charge in [0.2, 0.25) is 0 Å². The van der Waals surface area contributed by atoms with Crippen molar-refractivity contribution in [1.29, 1.82) is 0 Å². The molecule has 27 heavy (non-hydrogen) atoms. The Kier molecular flexibility index (Phi) is 6.29. The van der Waals surface area contributed by atoms with Gasteiger partial charge in [-0.2, -0.15) is 13.2 Å². The van der Waals surface area contributed by atoms with E-state index < -0.39 is 11.7 Å². The van der Waals surface area contributed by atoms with E-state index in [0.717, 1.165) is 64.2 Å². The number of halogens is 3. The number of rotatable bonds is 3. The van der Waals surface area contributed by atoms with Gasteiger partial charge in [-0.3, -0.25) is 4.90 Å². The van der Waals surface area contributed by atoms with E-state index in [2.05, 4.69) is 4.90 Å². The summed E-state index contributed by atoms with van der Waals surface area (Å²) >= 11 is 0. The van der Waals surface area contributed by atoms with Gasteiger partial charge < -0.3 is 10.6 Å². The van der Waals surface area contributed by atoms with Crippen molar-refractivity contribution in [2.75, 3.05) is 19.6 Å². The number of piperidine rings is 1. The normalized spacial score (nSPS) is 23.2. The number of nitrogens with zero attached hydrogens (tertiary/aromatic N) is 2. The number of carbonyl (C=O) groups is 1. The number of likely N-dealkylation sites (tertiary alicyclic amines) is 2. The Morgan fingerprint density at radius 3 is 2.48 bits per heavy atom. The van der Waals surface area contributed by atoms with Gasteiger partial charge in [0.15, 0.2) is 0 Å². The summed E-state index contributed by atoms with van der Waals surface area (Å²) in [5, 5.41) is 0. The van der Waals surface area contributed by atoms with Crippen molar-refractivity contribution in [3.8, 4) is 0 Å². The number of carbonyl (C=O) groups excluding carboxylic acids is 1. The van der Waals surface area contributed by atoms with E-state index >= 15 is 0 Å². The molecule has 0 radical (unpaired) electrons. The Morgan fingerprint density at radius 1 is 1.07 bits per heavy atom. The minimum Gasteiger partial charge on any atom is -0.351 e. The molecule has 150 valence electrons. The lowest BCUT2D eigenvalue weighted by Gasteiger charge is -2.40. The van der Waals surface area contributed by atoms with Crippen LogP contribution < -0.4 is 5.73 Å². The Labute approximate surface area is 158 Å². The lowest BCUT2D eigenvalue weighted by molar-refractivity contribution is -0.137. The molecular formula is C20H28F3N3O. The summed E-state index contributed by atoms with van der Waals surface area (Å²) in [6.07, 6.45) is 1.87. The predicted molar refractivity (Wildman–Crippen MR) is 98.0 cm³/mol. The zero-order chi connectivity index (χ0) is 19.4. The molecule has 0 bridgehead atoms. The third-order valence-electron chi connectivity index (χ3n) is 5.92. The van der Waals surface area contributed by atoms with Crippen LogP contribution >= 0.6 is 0 Å². The quantitative estimate of drug-likeness (QED) is 0.849. The van der Waals surface area contributed by atoms with Gasteiger partial charge in [0.1, 0.15) is 0 Å². The van der Waals surface area contributed by atoms with Gasteiger partial charge in [-0.1, -0.05) is 31.0 Å². The van der Waals surface area contributed by atoms with Crippen molar-refractivity contribution in [1.82, 2.24) is 9.80 Å². The molecule has 0 aliphatic carbocycles. The topological polar surface area (TPSA) is 49.6 Å². The van der Waals surface area contributed by atoms with Crippen molar-refractivity contribution < 1.29 is 18.0 Å². The van der Waals surface area contributed by atoms with Crippen molar-refractivity contribution >= 4 is 6.03 Å². The first-order valence-electron chi connectivity index (χ1n) is 9.79. The molecule has 2 N–H and O–H groups in total. The molecule has 1 atom stereocenters. The average molecular weight is 383 g/mol. The van der Waals surface area contributed by atoms with E-state index in [0.29, 0.717) is 18.0 Å². The third-order valence-corrected chi connectivity index (χ3v) is 5.92. The third kappa shape index (κ3) is 5.15. The summed E-state index contributed by atoms with van der Waals surface area (Å²) in [7, 11) is 0. The van der Waals surface area contributed by atoms with Crippen molar-refractivity contribution in [2.24, 2.45) is 11.7 Å². The maximum atomic E-state index is 12.9. The van der Waals surface area contributed by atoms with E-state index in [1.165, 1.54) is 12.1 Å². The van der Waals surface area contributed by atoms with Crippen LogP contribution in [0.15, 0.2) is 24.3 Å². The van der Waals surface area contributed by atoms with Gasteiger partial charge in [0, 0.05) is 19.1 Å². The Balaban J connectivity index is 1.58. The monoisotopic (exact) mass is 383 g/mol. The largest absolute Gasteiger partial charge is 0.416 e. The number of nitrogens with two attached hydrogens (primary N) is 1. The molecule has 2 heterocycles. The van der Waals surface area contributed by atoms with E-state index in [-0.39, 0.29) is 12.1 Å². The van der Waals surface area contributed by atoms with Gasteiger partial charge >= 0.3 is 12.2 Å². The molecule has 0 aromatic heterocycles. The van der Waals surface area contributed by atoms with Gasteiger partial charge in [-0.25, -0.2) is 4.79 Å². The Hall–Kier alpha value is -1.76. The summed E-state index contributed by atoms with van der Waals surface area (Å²) in [6.45, 7) is 2.94. The minimum atomic E-state index is -4.30. The fraction of sp³-hybridized carbons (Fsp3) is 0.650. The molecule has 0 saturated carbocycles. The molecular weight excluding hydrogens is 355 g/mol. The molecule has 2 aliphatic rings. The first-order chi connectivity index (χ1) is 12.8. The van der Waals surface area contributed by atoms with Crippen LogP contribution in [0.4, 0.5) is 18.0 Å². The summed E-state index contributed by atoms with van der Waals surface area (Å²) in [5.74, 6) is 0.424. The highest BCUT2D eigenvalue weighted by atomic mass is 19.4. The number of amides is 2. The van der Waals surface area contributed by atoms with Crippen molar-refractivity contribution in [3.05, 3.63) is 35.4 Å². The highest BCUT2D eigenvalue weighted by molar-refractivity contribution is 5.72. The molecule has 2 fully saturated rings. The number of alkyl halides is 3. The number of benzene rings is 1. The SMILES string of the molecule is NC(=O)N1CCCCCC1C1CCN(Cc2cccc(C(F)(F)F)c2)CC1. The fourth-order valence-electron chi connectivity index (χ4n) is 4.50. The fourth-order valence-corrected chi connectivity index (χ4v) is 4.50. The molecule has 2 amide bonds. The zero-order valence-electron chi connectivity index (χ0n) is 15.5. The van der Waals surface area contributed by atoms with E-state index in [9.17, 15) is 18.0 Å². The second-order valence-corrected chi connectivity index (χ2v) is 7.76. The van der Waals surface area contributed by atoms with Crippen LogP contribution in [0.3, 0.4) is 0 Å². The van der Waals surface area contributed by atoms with Gasteiger partial charge in [0.25, 0.3) is 0 Å². The zero-order valence-corrected chi connectivity index (χ0v) is 15.5. The van der Waals surface area contributed by atoms with Gasteiger partial charge in [0.05, 0.1) is 5.56 Å². The van der Waals surface area contributed by atoms with Crippen LogP contribution in [-0.2, 0) is 12.7 Å². The van der Waals surface area contributed by atoms with Crippen LogP contribution in [0.2, 0.25) is 0 Å². The second kappa shape index (κ2) is 8.50. The Bertz CT molecular complexity index is 642. The molecule has 2 saturated heterocycles.